The molecule has 1 fully saturated rings. The molecule has 3 heterocycles. The molecule has 1 amide bonds. The number of nitrogens with one attached hydrogen (secondary N) is 1. The van der Waals surface area contributed by atoms with Gasteiger partial charge in [-0.05, 0) is 13.0 Å². The summed E-state index contributed by atoms with van der Waals surface area (Å²) in [5.41, 5.74) is 0.458. The Labute approximate surface area is 126 Å². The van der Waals surface area contributed by atoms with Gasteiger partial charge in [0.15, 0.2) is 5.82 Å². The van der Waals surface area contributed by atoms with Gasteiger partial charge in [0, 0.05) is 24.2 Å². The molecule has 0 spiro atoms. The van der Waals surface area contributed by atoms with Crippen LogP contribution in [0.25, 0.3) is 0 Å². The maximum atomic E-state index is 12.1. The Kier molecular flexibility index (Phi) is 4.29. The lowest BCUT2D eigenvalue weighted by Crippen LogP contribution is -2.23. The van der Waals surface area contributed by atoms with Crippen LogP contribution in [0.2, 0.25) is 0 Å². The first kappa shape index (κ1) is 14.5. The number of hydrogen-bond acceptors (Lipinski definition) is 7. The van der Waals surface area contributed by atoms with Crippen LogP contribution in [0.1, 0.15) is 28.5 Å². The molecule has 0 saturated carbocycles. The number of aromatic nitrogens is 3. The average Bonchev–Trinajstić information content (AvgIpc) is 3.17. The first-order valence-corrected chi connectivity index (χ1v) is 6.98. The topological polar surface area (TPSA) is 99.4 Å². The highest BCUT2D eigenvalue weighted by Gasteiger charge is 2.18. The van der Waals surface area contributed by atoms with Crippen molar-refractivity contribution in [1.29, 1.82) is 0 Å². The van der Waals surface area contributed by atoms with Crippen molar-refractivity contribution in [3.63, 3.8) is 0 Å². The predicted octanol–water partition coefficient (Wildman–Crippen LogP) is 0.871. The second kappa shape index (κ2) is 6.52. The molecule has 8 heteroatoms. The summed E-state index contributed by atoms with van der Waals surface area (Å²) in [6.45, 7) is 3.13. The van der Waals surface area contributed by atoms with Gasteiger partial charge in [-0.2, -0.15) is 4.98 Å². The fraction of sp³-hybridized carbons (Fsp3) is 0.429. The third-order valence-electron chi connectivity index (χ3n) is 3.14. The van der Waals surface area contributed by atoms with Gasteiger partial charge in [-0.25, -0.2) is 4.98 Å². The molecule has 0 radical (unpaired) electrons. The van der Waals surface area contributed by atoms with Gasteiger partial charge >= 0.3 is 0 Å². The van der Waals surface area contributed by atoms with Crippen molar-refractivity contribution in [1.82, 2.24) is 20.4 Å². The number of carbonyl (C=O) groups is 1. The minimum absolute atomic E-state index is 0.00724. The van der Waals surface area contributed by atoms with Crippen molar-refractivity contribution in [2.75, 3.05) is 13.2 Å². The van der Waals surface area contributed by atoms with Crippen LogP contribution in [-0.4, -0.2) is 40.3 Å². The molecule has 0 aromatic carbocycles. The van der Waals surface area contributed by atoms with E-state index in [4.69, 9.17) is 14.0 Å². The maximum absolute atomic E-state index is 12.1. The van der Waals surface area contributed by atoms with E-state index in [1.165, 1.54) is 6.20 Å². The third kappa shape index (κ3) is 3.59. The number of nitrogens with zero attached hydrogens (tertiary/aromatic N) is 3. The zero-order chi connectivity index (χ0) is 15.4. The van der Waals surface area contributed by atoms with Gasteiger partial charge in [0.25, 0.3) is 5.91 Å². The largest absolute Gasteiger partial charge is 0.472 e. The molecule has 1 aliphatic heterocycles. The van der Waals surface area contributed by atoms with E-state index < -0.39 is 0 Å². The average molecular weight is 304 g/mol. The normalized spacial score (nSPS) is 17.4. The number of pyridine rings is 1. The summed E-state index contributed by atoms with van der Waals surface area (Å²) in [6, 6.07) is 3.22. The van der Waals surface area contributed by atoms with E-state index in [0.29, 0.717) is 36.4 Å². The Morgan fingerprint density at radius 2 is 2.45 bits per heavy atom. The summed E-state index contributed by atoms with van der Waals surface area (Å²) in [7, 11) is 0. The van der Waals surface area contributed by atoms with Crippen molar-refractivity contribution >= 4 is 5.91 Å². The van der Waals surface area contributed by atoms with Gasteiger partial charge in [0.1, 0.15) is 6.10 Å². The van der Waals surface area contributed by atoms with E-state index in [1.54, 1.807) is 19.1 Å². The highest BCUT2D eigenvalue weighted by molar-refractivity contribution is 5.94. The molecular weight excluding hydrogens is 288 g/mol. The van der Waals surface area contributed by atoms with Crippen LogP contribution in [0, 0.1) is 6.92 Å². The first-order valence-electron chi connectivity index (χ1n) is 6.98. The van der Waals surface area contributed by atoms with Gasteiger partial charge in [0.2, 0.25) is 11.8 Å². The molecule has 0 bridgehead atoms. The Balaban J connectivity index is 1.59. The SMILES string of the molecule is Cc1noc(CNC(=O)c2ccnc(OC3CCOC3)c2)n1. The van der Waals surface area contributed by atoms with E-state index in [2.05, 4.69) is 20.4 Å². The fourth-order valence-electron chi connectivity index (χ4n) is 2.06. The second-order valence-corrected chi connectivity index (χ2v) is 4.90. The number of ether oxygens (including phenoxy) is 2. The highest BCUT2D eigenvalue weighted by Crippen LogP contribution is 2.15. The van der Waals surface area contributed by atoms with Crippen molar-refractivity contribution in [3.05, 3.63) is 35.6 Å². The summed E-state index contributed by atoms with van der Waals surface area (Å²) in [6.07, 6.45) is 2.36. The molecule has 2 aromatic rings. The lowest BCUT2D eigenvalue weighted by Gasteiger charge is -2.11. The number of carbonyl (C=O) groups excluding carboxylic acids is 1. The van der Waals surface area contributed by atoms with Crippen molar-refractivity contribution < 1.29 is 18.8 Å². The molecular formula is C14H16N4O4. The quantitative estimate of drug-likeness (QED) is 0.874. The molecule has 8 nitrogen and oxygen atoms in total. The van der Waals surface area contributed by atoms with Crippen LogP contribution in [0.15, 0.2) is 22.9 Å². The van der Waals surface area contributed by atoms with Gasteiger partial charge < -0.3 is 19.3 Å². The summed E-state index contributed by atoms with van der Waals surface area (Å²) in [4.78, 5) is 20.2. The van der Waals surface area contributed by atoms with E-state index in [-0.39, 0.29) is 18.6 Å². The van der Waals surface area contributed by atoms with Crippen LogP contribution in [-0.2, 0) is 11.3 Å². The molecule has 116 valence electrons. The number of aryl methyl sites for hydroxylation is 1. The van der Waals surface area contributed by atoms with Gasteiger partial charge in [-0.3, -0.25) is 4.79 Å². The molecule has 1 aliphatic rings. The predicted molar refractivity (Wildman–Crippen MR) is 74.3 cm³/mol. The highest BCUT2D eigenvalue weighted by atomic mass is 16.5. The summed E-state index contributed by atoms with van der Waals surface area (Å²) in [5, 5.41) is 6.37. The molecule has 2 aromatic heterocycles. The van der Waals surface area contributed by atoms with Crippen LogP contribution in [0.4, 0.5) is 0 Å². The van der Waals surface area contributed by atoms with Crippen molar-refractivity contribution in [2.24, 2.45) is 0 Å². The van der Waals surface area contributed by atoms with Crippen molar-refractivity contribution in [2.45, 2.75) is 26.0 Å². The lowest BCUT2D eigenvalue weighted by molar-refractivity contribution is 0.0944. The minimum Gasteiger partial charge on any atom is -0.472 e. The third-order valence-corrected chi connectivity index (χ3v) is 3.14. The van der Waals surface area contributed by atoms with E-state index in [1.807, 2.05) is 0 Å². The zero-order valence-electron chi connectivity index (χ0n) is 12.1. The molecule has 1 saturated heterocycles. The number of hydrogen-bond donors (Lipinski definition) is 1. The van der Waals surface area contributed by atoms with E-state index >= 15 is 0 Å². The second-order valence-electron chi connectivity index (χ2n) is 4.90. The summed E-state index contributed by atoms with van der Waals surface area (Å²) >= 11 is 0. The monoisotopic (exact) mass is 304 g/mol. The minimum atomic E-state index is -0.259. The molecule has 1 atom stereocenters. The molecule has 22 heavy (non-hydrogen) atoms. The maximum Gasteiger partial charge on any atom is 0.251 e. The van der Waals surface area contributed by atoms with Crippen LogP contribution < -0.4 is 10.1 Å². The Bertz CT molecular complexity index is 652. The molecule has 1 N–H and O–H groups in total. The summed E-state index contributed by atoms with van der Waals surface area (Å²) in [5.74, 6) is 1.05. The Hall–Kier alpha value is -2.48. The zero-order valence-corrected chi connectivity index (χ0v) is 12.1. The molecule has 0 aliphatic carbocycles. The van der Waals surface area contributed by atoms with Crippen LogP contribution in [0.3, 0.4) is 0 Å². The fourth-order valence-corrected chi connectivity index (χ4v) is 2.06. The lowest BCUT2D eigenvalue weighted by atomic mass is 10.2. The summed E-state index contributed by atoms with van der Waals surface area (Å²) < 4.78 is 15.9. The standard InChI is InChI=1S/C14H16N4O4/c1-9-17-13(22-18-9)7-16-14(19)10-2-4-15-12(6-10)21-11-3-5-20-8-11/h2,4,6,11H,3,5,7-8H2,1H3,(H,16,19). The van der Waals surface area contributed by atoms with Gasteiger partial charge in [-0.1, -0.05) is 5.16 Å². The van der Waals surface area contributed by atoms with Gasteiger partial charge in [-0.15, -0.1) is 0 Å². The van der Waals surface area contributed by atoms with E-state index in [0.717, 1.165) is 6.42 Å². The molecule has 1 unspecified atom stereocenters. The Morgan fingerprint density at radius 3 is 3.18 bits per heavy atom. The van der Waals surface area contributed by atoms with Crippen molar-refractivity contribution in [3.8, 4) is 5.88 Å². The number of amides is 1. The van der Waals surface area contributed by atoms with Crippen LogP contribution >= 0.6 is 0 Å². The Morgan fingerprint density at radius 1 is 1.55 bits per heavy atom. The first-order chi connectivity index (χ1) is 10.7. The van der Waals surface area contributed by atoms with Gasteiger partial charge in [0.05, 0.1) is 19.8 Å². The molecule has 3 rings (SSSR count). The smallest absolute Gasteiger partial charge is 0.251 e. The number of rotatable bonds is 5. The van der Waals surface area contributed by atoms with Crippen LogP contribution in [0.5, 0.6) is 5.88 Å². The van der Waals surface area contributed by atoms with E-state index in [9.17, 15) is 4.79 Å².